The van der Waals surface area contributed by atoms with Crippen LogP contribution in [-0.4, -0.2) is 37.9 Å². The zero-order valence-electron chi connectivity index (χ0n) is 5.38. The first kappa shape index (κ1) is 146. The van der Waals surface area contributed by atoms with E-state index in [0.29, 0.717) is 0 Å². The molecule has 0 unspecified atom stereocenters. The third-order valence-electron chi connectivity index (χ3n) is 0. The maximum Gasteiger partial charge on any atom is 0.0689 e. The molecule has 74 valence electrons. The minimum absolute atomic E-state index is 0. The Morgan fingerprint density at radius 2 is 0.727 bits per heavy atom. The van der Waals surface area contributed by atoms with E-state index in [1.807, 2.05) is 0 Å². The largest absolute Gasteiger partial charge is 0.412 e. The van der Waals surface area contributed by atoms with Crippen LogP contribution in [0.3, 0.4) is 0 Å². The molecule has 0 rings (SSSR count). The van der Waals surface area contributed by atoms with Crippen LogP contribution >= 0.6 is 0 Å². The molecule has 11 heavy (non-hydrogen) atoms. The summed E-state index contributed by atoms with van der Waals surface area (Å²) in [6.45, 7) is 0. The Balaban J connectivity index is -0.00000000214. The Morgan fingerprint density at radius 1 is 0.727 bits per heavy atom. The first-order chi connectivity index (χ1) is 1.73. The van der Waals surface area contributed by atoms with E-state index in [2.05, 4.69) is 0 Å². The second kappa shape index (κ2) is 106. The van der Waals surface area contributed by atoms with Crippen LogP contribution in [0.15, 0.2) is 0 Å². The molecule has 0 aromatic carbocycles. The smallest absolute Gasteiger partial charge is 0.0689 e. The van der Waals surface area contributed by atoms with Crippen LogP contribution in [0.4, 0.5) is 0 Å². The fraction of sp³-hybridized carbons (Fsp3) is 0. The summed E-state index contributed by atoms with van der Waals surface area (Å²) in [5.41, 5.74) is 0. The molecular formula is H12NO9Zn-. The van der Waals surface area contributed by atoms with Gasteiger partial charge in [-0.1, -0.05) is 0 Å². The van der Waals surface area contributed by atoms with Crippen molar-refractivity contribution in [2.45, 2.75) is 0 Å². The molecule has 0 spiro atoms. The molecule has 0 amide bonds. The first-order valence-electron chi connectivity index (χ1n) is 0.548. The minimum atomic E-state index is -1.75. The third-order valence-corrected chi connectivity index (χ3v) is 0. The van der Waals surface area contributed by atoms with Crippen LogP contribution < -0.4 is 0 Å². The molecule has 0 aliphatic rings. The average molecular weight is 235 g/mol. The molecule has 12 N–H and O–H groups in total. The van der Waals surface area contributed by atoms with Crippen molar-refractivity contribution in [3.05, 3.63) is 15.3 Å². The van der Waals surface area contributed by atoms with E-state index < -0.39 is 5.09 Å². The first-order valence-corrected chi connectivity index (χ1v) is 0.548. The SMILES string of the molecule is O.O.O.O.O.O.O=[N+]([O-])[O-].[Zn]. The standard InChI is InChI=1S/NO3.6H2O.Zn/c2-1(3)4;;;;;;;/h;6*1H2;/q-1;;;;;;;. The van der Waals surface area contributed by atoms with Crippen molar-refractivity contribution in [1.82, 2.24) is 0 Å². The van der Waals surface area contributed by atoms with Gasteiger partial charge in [-0.2, -0.15) is 0 Å². The van der Waals surface area contributed by atoms with Gasteiger partial charge in [0.1, 0.15) is 0 Å². The fourth-order valence-electron chi connectivity index (χ4n) is 0. The van der Waals surface area contributed by atoms with Crippen LogP contribution in [0.1, 0.15) is 0 Å². The van der Waals surface area contributed by atoms with Crippen molar-refractivity contribution in [1.29, 1.82) is 0 Å². The molecule has 0 radical (unpaired) electrons. The monoisotopic (exact) mass is 234 g/mol. The molecule has 0 heterocycles. The summed E-state index contributed by atoms with van der Waals surface area (Å²) in [7, 11) is 0. The van der Waals surface area contributed by atoms with E-state index in [-0.39, 0.29) is 52.3 Å². The fourth-order valence-corrected chi connectivity index (χ4v) is 0. The molecule has 0 fully saturated rings. The topological polar surface area (TPSA) is 255 Å². The van der Waals surface area contributed by atoms with Crippen molar-refractivity contribution < 1.29 is 57.4 Å². The van der Waals surface area contributed by atoms with Gasteiger partial charge in [0.25, 0.3) is 0 Å². The molecule has 0 aromatic rings. The number of hydrogen-bond acceptors (Lipinski definition) is 3. The molecule has 0 aliphatic heterocycles. The predicted octanol–water partition coefficient (Wildman–Crippen LogP) is -5.19. The van der Waals surface area contributed by atoms with Gasteiger partial charge in [-0.25, -0.2) is 0 Å². The van der Waals surface area contributed by atoms with E-state index in [9.17, 15) is 0 Å². The Hall–Kier alpha value is -0.417. The van der Waals surface area contributed by atoms with E-state index in [1.165, 1.54) is 0 Å². The summed E-state index contributed by atoms with van der Waals surface area (Å²) in [5, 5.41) is 14.8. The molecule has 11 heteroatoms. The van der Waals surface area contributed by atoms with E-state index in [1.54, 1.807) is 0 Å². The van der Waals surface area contributed by atoms with Gasteiger partial charge in [-0.05, 0) is 0 Å². The summed E-state index contributed by atoms with van der Waals surface area (Å²) in [4.78, 5) is 8.25. The summed E-state index contributed by atoms with van der Waals surface area (Å²) >= 11 is 0. The summed E-state index contributed by atoms with van der Waals surface area (Å²) in [6.07, 6.45) is 0. The van der Waals surface area contributed by atoms with Gasteiger partial charge in [0.15, 0.2) is 0 Å². The number of hydrogen-bond donors (Lipinski definition) is 0. The molecule has 0 bridgehead atoms. The van der Waals surface area contributed by atoms with Crippen LogP contribution in [0.5, 0.6) is 0 Å². The van der Waals surface area contributed by atoms with Crippen molar-refractivity contribution in [2.24, 2.45) is 0 Å². The Kier molecular flexibility index (Phi) is 1400. The molecule has 10 nitrogen and oxygen atoms in total. The number of nitrogens with zero attached hydrogens (tertiary/aromatic N) is 1. The van der Waals surface area contributed by atoms with E-state index >= 15 is 0 Å². The van der Waals surface area contributed by atoms with Gasteiger partial charge in [0.05, 0.1) is 5.09 Å². The van der Waals surface area contributed by atoms with Gasteiger partial charge < -0.3 is 48.2 Å². The summed E-state index contributed by atoms with van der Waals surface area (Å²) < 4.78 is 0. The second-order valence-electron chi connectivity index (χ2n) is 0.224. The minimum Gasteiger partial charge on any atom is -0.412 e. The zero-order chi connectivity index (χ0) is 3.58. The predicted molar refractivity (Wildman–Crippen MR) is 32.0 cm³/mol. The van der Waals surface area contributed by atoms with Gasteiger partial charge in [0.2, 0.25) is 0 Å². The second-order valence-corrected chi connectivity index (χ2v) is 0.224. The van der Waals surface area contributed by atoms with Gasteiger partial charge >= 0.3 is 0 Å². The summed E-state index contributed by atoms with van der Waals surface area (Å²) in [6, 6.07) is 0. The van der Waals surface area contributed by atoms with E-state index in [0.717, 1.165) is 0 Å². The summed E-state index contributed by atoms with van der Waals surface area (Å²) in [5.74, 6) is 0. The van der Waals surface area contributed by atoms with Crippen LogP contribution in [0.25, 0.3) is 0 Å². The maximum atomic E-state index is 8.25. The number of rotatable bonds is 0. The molecular weight excluding hydrogens is 223 g/mol. The van der Waals surface area contributed by atoms with Crippen molar-refractivity contribution in [3.63, 3.8) is 0 Å². The van der Waals surface area contributed by atoms with Gasteiger partial charge in [0, 0.05) is 19.5 Å². The van der Waals surface area contributed by atoms with Gasteiger partial charge in [-0.15, -0.1) is 0 Å². The normalized spacial score (nSPS) is 2.18. The molecule has 0 aromatic heterocycles. The van der Waals surface area contributed by atoms with Crippen LogP contribution in [-0.2, 0) is 19.5 Å². The molecule has 0 saturated carbocycles. The maximum absolute atomic E-state index is 8.25. The molecule has 0 aliphatic carbocycles. The van der Waals surface area contributed by atoms with Gasteiger partial charge in [-0.3, -0.25) is 0 Å². The van der Waals surface area contributed by atoms with Crippen LogP contribution in [0, 0.1) is 15.3 Å². The third kappa shape index (κ3) is 3180. The Morgan fingerprint density at radius 3 is 0.727 bits per heavy atom. The molecule has 0 atom stereocenters. The van der Waals surface area contributed by atoms with Crippen molar-refractivity contribution >= 4 is 0 Å². The quantitative estimate of drug-likeness (QED) is 0.226. The Bertz CT molecular complexity index is 32.5. The van der Waals surface area contributed by atoms with Crippen molar-refractivity contribution in [2.75, 3.05) is 0 Å². The average Bonchev–Trinajstić information content (AvgIpc) is 0.811. The van der Waals surface area contributed by atoms with Crippen molar-refractivity contribution in [3.8, 4) is 0 Å². The van der Waals surface area contributed by atoms with E-state index in [4.69, 9.17) is 15.3 Å². The zero-order valence-corrected chi connectivity index (χ0v) is 8.35. The Labute approximate surface area is 73.5 Å². The van der Waals surface area contributed by atoms with Crippen LogP contribution in [0.2, 0.25) is 0 Å². The molecule has 0 saturated heterocycles.